The standard InChI is InChI=1S/C13H19BrFN3.HI/c1-3-16-13(17-4-2)18-8-7-10-5-6-12(15)11(14)9-10;/h5-6,9H,3-4,7-8H2,1-2H3,(H2,16,17,18);1H. The van der Waals surface area contributed by atoms with Crippen molar-refractivity contribution in [1.29, 1.82) is 0 Å². The molecule has 0 aliphatic heterocycles. The predicted octanol–water partition coefficient (Wildman–Crippen LogP) is 3.32. The summed E-state index contributed by atoms with van der Waals surface area (Å²) in [7, 11) is 0. The Bertz CT molecular complexity index is 405. The van der Waals surface area contributed by atoms with Gasteiger partial charge in [0, 0.05) is 19.6 Å². The second-order valence-corrected chi connectivity index (χ2v) is 4.64. The maximum atomic E-state index is 13.1. The van der Waals surface area contributed by atoms with E-state index in [1.165, 1.54) is 6.07 Å². The molecule has 0 atom stereocenters. The first-order valence-electron chi connectivity index (χ1n) is 6.13. The predicted molar refractivity (Wildman–Crippen MR) is 92.9 cm³/mol. The van der Waals surface area contributed by atoms with Crippen molar-refractivity contribution in [2.75, 3.05) is 19.6 Å². The van der Waals surface area contributed by atoms with Gasteiger partial charge in [0.2, 0.25) is 0 Å². The van der Waals surface area contributed by atoms with Crippen LogP contribution in [-0.2, 0) is 6.42 Å². The number of guanidine groups is 1. The lowest BCUT2D eigenvalue weighted by Gasteiger charge is -2.09. The molecular weight excluding hydrogens is 424 g/mol. The minimum Gasteiger partial charge on any atom is -0.357 e. The van der Waals surface area contributed by atoms with Crippen LogP contribution in [0.15, 0.2) is 27.7 Å². The molecule has 0 heterocycles. The average Bonchev–Trinajstić information content (AvgIpc) is 2.34. The molecule has 0 aliphatic carbocycles. The van der Waals surface area contributed by atoms with E-state index in [1.807, 2.05) is 13.8 Å². The van der Waals surface area contributed by atoms with Crippen LogP contribution in [0.5, 0.6) is 0 Å². The summed E-state index contributed by atoms with van der Waals surface area (Å²) < 4.78 is 13.6. The lowest BCUT2D eigenvalue weighted by atomic mass is 10.1. The Morgan fingerprint density at radius 2 is 1.89 bits per heavy atom. The van der Waals surface area contributed by atoms with Crippen LogP contribution in [0.25, 0.3) is 0 Å². The Hall–Kier alpha value is -0.370. The largest absolute Gasteiger partial charge is 0.357 e. The van der Waals surface area contributed by atoms with Gasteiger partial charge in [-0.2, -0.15) is 0 Å². The number of rotatable bonds is 5. The van der Waals surface area contributed by atoms with E-state index < -0.39 is 0 Å². The van der Waals surface area contributed by atoms with Crippen LogP contribution >= 0.6 is 39.9 Å². The fraction of sp³-hybridized carbons (Fsp3) is 0.462. The van der Waals surface area contributed by atoms with Crippen LogP contribution in [0.4, 0.5) is 4.39 Å². The van der Waals surface area contributed by atoms with Crippen LogP contribution in [0.3, 0.4) is 0 Å². The Morgan fingerprint density at radius 1 is 1.26 bits per heavy atom. The molecule has 2 N–H and O–H groups in total. The van der Waals surface area contributed by atoms with Gasteiger partial charge in [-0.3, -0.25) is 4.99 Å². The first kappa shape index (κ1) is 18.6. The van der Waals surface area contributed by atoms with Crippen molar-refractivity contribution in [3.8, 4) is 0 Å². The first-order valence-corrected chi connectivity index (χ1v) is 6.92. The van der Waals surface area contributed by atoms with Gasteiger partial charge >= 0.3 is 0 Å². The second kappa shape index (κ2) is 10.4. The zero-order valence-corrected chi connectivity index (χ0v) is 15.1. The highest BCUT2D eigenvalue weighted by Crippen LogP contribution is 2.17. The van der Waals surface area contributed by atoms with E-state index in [2.05, 4.69) is 31.6 Å². The van der Waals surface area contributed by atoms with Crippen LogP contribution < -0.4 is 10.6 Å². The number of aliphatic imine (C=N–C) groups is 1. The molecule has 0 bridgehead atoms. The Labute approximate surface area is 139 Å². The minimum absolute atomic E-state index is 0. The quantitative estimate of drug-likeness (QED) is 0.416. The molecule has 0 unspecified atom stereocenters. The molecule has 3 nitrogen and oxygen atoms in total. The van der Waals surface area contributed by atoms with Crippen molar-refractivity contribution in [3.05, 3.63) is 34.1 Å². The van der Waals surface area contributed by atoms with Gasteiger partial charge in [0.15, 0.2) is 5.96 Å². The molecule has 1 aromatic rings. The van der Waals surface area contributed by atoms with E-state index in [9.17, 15) is 4.39 Å². The molecule has 108 valence electrons. The fourth-order valence-corrected chi connectivity index (χ4v) is 1.93. The van der Waals surface area contributed by atoms with Gasteiger partial charge in [-0.15, -0.1) is 24.0 Å². The molecular formula is C13H20BrFIN3. The lowest BCUT2D eigenvalue weighted by molar-refractivity contribution is 0.620. The number of benzene rings is 1. The third-order valence-electron chi connectivity index (χ3n) is 2.34. The van der Waals surface area contributed by atoms with Gasteiger partial charge in [-0.05, 0) is 53.9 Å². The summed E-state index contributed by atoms with van der Waals surface area (Å²) in [5.74, 6) is 0.587. The SMILES string of the molecule is CCNC(=NCCc1ccc(F)c(Br)c1)NCC.I. The van der Waals surface area contributed by atoms with Crippen molar-refractivity contribution in [2.24, 2.45) is 4.99 Å². The third-order valence-corrected chi connectivity index (χ3v) is 2.95. The highest BCUT2D eigenvalue weighted by molar-refractivity contribution is 14.0. The van der Waals surface area contributed by atoms with Crippen LogP contribution in [0.1, 0.15) is 19.4 Å². The average molecular weight is 444 g/mol. The number of nitrogens with zero attached hydrogens (tertiary/aromatic N) is 1. The molecule has 1 rings (SSSR count). The molecule has 1 aromatic carbocycles. The number of hydrogen-bond donors (Lipinski definition) is 2. The Kier molecular flexibility index (Phi) is 10.2. The summed E-state index contributed by atoms with van der Waals surface area (Å²) in [6.45, 7) is 6.42. The summed E-state index contributed by atoms with van der Waals surface area (Å²) in [6, 6.07) is 5.05. The molecule has 6 heteroatoms. The summed E-state index contributed by atoms with van der Waals surface area (Å²) in [6.07, 6.45) is 0.791. The molecule has 19 heavy (non-hydrogen) atoms. The van der Waals surface area contributed by atoms with Gasteiger partial charge in [0.1, 0.15) is 5.82 Å². The van der Waals surface area contributed by atoms with Crippen molar-refractivity contribution in [2.45, 2.75) is 20.3 Å². The van der Waals surface area contributed by atoms with E-state index >= 15 is 0 Å². The van der Waals surface area contributed by atoms with Crippen molar-refractivity contribution in [3.63, 3.8) is 0 Å². The molecule has 0 spiro atoms. The number of halogens is 3. The van der Waals surface area contributed by atoms with Crippen molar-refractivity contribution < 1.29 is 4.39 Å². The normalized spacial score (nSPS) is 9.47. The molecule has 0 saturated heterocycles. The molecule has 0 aliphatic rings. The van der Waals surface area contributed by atoms with E-state index in [-0.39, 0.29) is 29.8 Å². The molecule has 0 radical (unpaired) electrons. The van der Waals surface area contributed by atoms with Gasteiger partial charge in [0.05, 0.1) is 4.47 Å². The Balaban J connectivity index is 0.00000324. The van der Waals surface area contributed by atoms with Crippen LogP contribution in [0, 0.1) is 5.82 Å². The van der Waals surface area contributed by atoms with E-state index in [4.69, 9.17) is 0 Å². The molecule has 0 amide bonds. The van der Waals surface area contributed by atoms with Crippen LogP contribution in [0.2, 0.25) is 0 Å². The molecule has 0 fully saturated rings. The third kappa shape index (κ3) is 7.10. The van der Waals surface area contributed by atoms with E-state index in [0.29, 0.717) is 11.0 Å². The van der Waals surface area contributed by atoms with Crippen molar-refractivity contribution >= 4 is 45.9 Å². The van der Waals surface area contributed by atoms with Gasteiger partial charge in [-0.25, -0.2) is 4.39 Å². The molecule has 0 saturated carbocycles. The van der Waals surface area contributed by atoms with Crippen molar-refractivity contribution in [1.82, 2.24) is 10.6 Å². The first-order chi connectivity index (χ1) is 8.67. The summed E-state index contributed by atoms with van der Waals surface area (Å²) >= 11 is 3.18. The van der Waals surface area contributed by atoms with Crippen LogP contribution in [-0.4, -0.2) is 25.6 Å². The van der Waals surface area contributed by atoms with Gasteiger partial charge in [0.25, 0.3) is 0 Å². The lowest BCUT2D eigenvalue weighted by Crippen LogP contribution is -2.37. The Morgan fingerprint density at radius 3 is 2.42 bits per heavy atom. The minimum atomic E-state index is -0.233. The maximum absolute atomic E-state index is 13.1. The van der Waals surface area contributed by atoms with Gasteiger partial charge < -0.3 is 10.6 Å². The van der Waals surface area contributed by atoms with Gasteiger partial charge in [-0.1, -0.05) is 6.07 Å². The zero-order valence-electron chi connectivity index (χ0n) is 11.2. The zero-order chi connectivity index (χ0) is 13.4. The van der Waals surface area contributed by atoms with E-state index in [1.54, 1.807) is 12.1 Å². The summed E-state index contributed by atoms with van der Waals surface area (Å²) in [5, 5.41) is 6.32. The molecule has 0 aromatic heterocycles. The topological polar surface area (TPSA) is 36.4 Å². The second-order valence-electron chi connectivity index (χ2n) is 3.79. The smallest absolute Gasteiger partial charge is 0.191 e. The fourth-order valence-electron chi connectivity index (χ4n) is 1.50. The maximum Gasteiger partial charge on any atom is 0.191 e. The highest BCUT2D eigenvalue weighted by Gasteiger charge is 2.00. The number of hydrogen-bond acceptors (Lipinski definition) is 1. The number of nitrogens with one attached hydrogen (secondary N) is 2. The highest BCUT2D eigenvalue weighted by atomic mass is 127. The summed E-state index contributed by atoms with van der Waals surface area (Å²) in [5.41, 5.74) is 1.07. The van der Waals surface area contributed by atoms with E-state index in [0.717, 1.165) is 31.0 Å². The summed E-state index contributed by atoms with van der Waals surface area (Å²) in [4.78, 5) is 4.44. The monoisotopic (exact) mass is 443 g/mol.